The van der Waals surface area contributed by atoms with Crippen LogP contribution in [0.5, 0.6) is 5.75 Å². The quantitative estimate of drug-likeness (QED) is 0.326. The number of nitrogens with one attached hydrogen (secondary N) is 1. The van der Waals surface area contributed by atoms with Crippen LogP contribution in [-0.2, 0) is 17.8 Å². The van der Waals surface area contributed by atoms with Crippen molar-refractivity contribution < 1.29 is 14.7 Å². The van der Waals surface area contributed by atoms with E-state index < -0.39 is 12.1 Å². The summed E-state index contributed by atoms with van der Waals surface area (Å²) in [6, 6.07) is 11.5. The molecule has 5 rings (SSSR count). The number of phenols is 1. The molecule has 1 atom stereocenters. The number of hydrogen-bond donors (Lipinski definition) is 2. The fourth-order valence-corrected chi connectivity index (χ4v) is 6.76. The minimum absolute atomic E-state index is 0.150. The number of phenolic OH excluding ortho intramolecular Hbond substituents is 1. The van der Waals surface area contributed by atoms with Crippen molar-refractivity contribution in [2.24, 2.45) is 5.92 Å². The summed E-state index contributed by atoms with van der Waals surface area (Å²) in [6.45, 7) is 4.54. The Morgan fingerprint density at radius 2 is 1.79 bits per heavy atom. The van der Waals surface area contributed by atoms with Gasteiger partial charge in [0.15, 0.2) is 0 Å². The molecule has 1 amide bonds. The first-order chi connectivity index (χ1) is 18.4. The number of amides is 1. The number of imidazole rings is 1. The number of carbonyl (C=O) groups is 1. The second-order valence-electron chi connectivity index (χ2n) is 10.5. The van der Waals surface area contributed by atoms with Crippen LogP contribution in [0.3, 0.4) is 0 Å². The molecule has 2 aromatic carbocycles. The van der Waals surface area contributed by atoms with Crippen LogP contribution in [0, 0.1) is 5.92 Å². The molecule has 3 aromatic rings. The molecule has 3 heterocycles. The number of likely N-dealkylation sites (tertiary alicyclic amines) is 1. The van der Waals surface area contributed by atoms with Gasteiger partial charge in [0.05, 0.1) is 26.0 Å². The predicted octanol–water partition coefficient (Wildman–Crippen LogP) is 6.02. The van der Waals surface area contributed by atoms with Crippen LogP contribution in [0.15, 0.2) is 45.3 Å². The highest BCUT2D eigenvalue weighted by molar-refractivity contribution is 9.11. The van der Waals surface area contributed by atoms with E-state index in [0.717, 1.165) is 87.2 Å². The maximum absolute atomic E-state index is 13.1. The number of aromatic nitrogens is 2. The zero-order valence-electron chi connectivity index (χ0n) is 21.7. The van der Waals surface area contributed by atoms with Crippen LogP contribution in [-0.4, -0.2) is 63.9 Å². The normalized spacial score (nSPS) is 18.5. The fourth-order valence-electron chi connectivity index (χ4n) is 5.48. The van der Waals surface area contributed by atoms with Crippen LogP contribution < -0.4 is 5.32 Å². The van der Waals surface area contributed by atoms with Gasteiger partial charge in [0, 0.05) is 26.1 Å². The van der Waals surface area contributed by atoms with Crippen LogP contribution in [0.1, 0.15) is 49.5 Å². The van der Waals surface area contributed by atoms with Crippen molar-refractivity contribution in [2.45, 2.75) is 51.1 Å². The Balaban J connectivity index is 1.48. The van der Waals surface area contributed by atoms with Crippen LogP contribution in [0.25, 0.3) is 11.0 Å². The first-order valence-electron chi connectivity index (χ1n) is 13.4. The van der Waals surface area contributed by atoms with Gasteiger partial charge in [-0.05, 0) is 113 Å². The summed E-state index contributed by atoms with van der Waals surface area (Å²) >= 11 is 6.90. The molecular formula is C28H35Br2N5O3. The lowest BCUT2D eigenvalue weighted by atomic mass is 9.96. The van der Waals surface area contributed by atoms with E-state index in [2.05, 4.69) is 59.8 Å². The highest BCUT2D eigenvalue weighted by Gasteiger charge is 2.27. The van der Waals surface area contributed by atoms with E-state index in [1.807, 2.05) is 30.3 Å². The van der Waals surface area contributed by atoms with E-state index in [0.29, 0.717) is 21.3 Å². The van der Waals surface area contributed by atoms with Crippen LogP contribution >= 0.6 is 31.9 Å². The van der Waals surface area contributed by atoms with Crippen molar-refractivity contribution in [2.75, 3.05) is 33.2 Å². The second-order valence-corrected chi connectivity index (χ2v) is 12.2. The zero-order valence-corrected chi connectivity index (χ0v) is 24.9. The van der Waals surface area contributed by atoms with Gasteiger partial charge in [-0.15, -0.1) is 5.06 Å². The van der Waals surface area contributed by atoms with E-state index in [4.69, 9.17) is 9.82 Å². The van der Waals surface area contributed by atoms with Gasteiger partial charge in [-0.2, -0.15) is 0 Å². The molecule has 8 nitrogen and oxygen atoms in total. The molecule has 0 radical (unpaired) electrons. The highest BCUT2D eigenvalue weighted by atomic mass is 79.9. The summed E-state index contributed by atoms with van der Waals surface area (Å²) in [5, 5.41) is 15.1. The highest BCUT2D eigenvalue weighted by Crippen LogP contribution is 2.35. The lowest BCUT2D eigenvalue weighted by Gasteiger charge is -2.30. The molecule has 2 fully saturated rings. The fraction of sp³-hybridized carbons (Fsp3) is 0.500. The molecule has 38 heavy (non-hydrogen) atoms. The Labute approximate surface area is 240 Å². The predicted molar refractivity (Wildman–Crippen MR) is 155 cm³/mol. The molecule has 2 aliphatic heterocycles. The van der Waals surface area contributed by atoms with Crippen molar-refractivity contribution in [1.29, 1.82) is 0 Å². The summed E-state index contributed by atoms with van der Waals surface area (Å²) in [5.41, 5.74) is 2.94. The molecule has 0 saturated carbocycles. The molecule has 0 aliphatic carbocycles. The number of hydroxylamine groups is 2. The van der Waals surface area contributed by atoms with Gasteiger partial charge in [-0.1, -0.05) is 18.6 Å². The maximum atomic E-state index is 13.1. The van der Waals surface area contributed by atoms with E-state index in [9.17, 15) is 9.90 Å². The third kappa shape index (κ3) is 6.52. The Morgan fingerprint density at radius 3 is 2.50 bits per heavy atom. The largest absolute Gasteiger partial charge is 0.506 e. The number of rotatable bonds is 7. The van der Waals surface area contributed by atoms with Crippen molar-refractivity contribution in [3.05, 3.63) is 56.7 Å². The topological polar surface area (TPSA) is 82.9 Å². The minimum atomic E-state index is -0.466. The van der Waals surface area contributed by atoms with Crippen molar-refractivity contribution in [1.82, 2.24) is 24.8 Å². The summed E-state index contributed by atoms with van der Waals surface area (Å²) in [5.74, 6) is 1.51. The van der Waals surface area contributed by atoms with Gasteiger partial charge in [0.2, 0.25) is 0 Å². The first-order valence-corrected chi connectivity index (χ1v) is 15.0. The number of carbonyl (C=O) groups excluding carboxylic acids is 1. The first kappa shape index (κ1) is 27.4. The van der Waals surface area contributed by atoms with E-state index in [-0.39, 0.29) is 5.75 Å². The molecule has 204 valence electrons. The van der Waals surface area contributed by atoms with Crippen molar-refractivity contribution in [3.8, 4) is 5.75 Å². The van der Waals surface area contributed by atoms with Gasteiger partial charge in [0.25, 0.3) is 0 Å². The Morgan fingerprint density at radius 1 is 1.11 bits per heavy atom. The summed E-state index contributed by atoms with van der Waals surface area (Å²) in [4.78, 5) is 26.3. The van der Waals surface area contributed by atoms with Crippen LogP contribution in [0.2, 0.25) is 0 Å². The van der Waals surface area contributed by atoms with Crippen LogP contribution in [0.4, 0.5) is 4.79 Å². The second kappa shape index (κ2) is 12.4. The van der Waals surface area contributed by atoms with E-state index >= 15 is 0 Å². The summed E-state index contributed by atoms with van der Waals surface area (Å²) in [7, 11) is 2.18. The average Bonchev–Trinajstić information content (AvgIpc) is 3.27. The van der Waals surface area contributed by atoms with E-state index in [1.54, 1.807) is 5.06 Å². The number of nitrogens with zero attached hydrogens (tertiary/aromatic N) is 4. The molecule has 10 heteroatoms. The lowest BCUT2D eigenvalue weighted by molar-refractivity contribution is -0.111. The lowest BCUT2D eigenvalue weighted by Crippen LogP contribution is -2.39. The molecule has 0 unspecified atom stereocenters. The van der Waals surface area contributed by atoms with E-state index in [1.165, 1.54) is 0 Å². The standard InChI is InChI=1S/C28H35Br2N5O3/c1-33-13-9-19(10-14-33)18-35-25-8-4-3-7-23(25)31-27(35)24(17-20-15-21(29)26(36)22(30)16-20)32-28(37)38-34-11-5-2-6-12-34/h3-4,7-8,15-16,19,24,36H,2,5-6,9-14,17-18H2,1H3,(H,32,37)/t24-/m1/s1. The van der Waals surface area contributed by atoms with Gasteiger partial charge in [-0.25, -0.2) is 9.78 Å². The Bertz CT molecular complexity index is 1250. The van der Waals surface area contributed by atoms with Gasteiger partial charge >= 0.3 is 6.09 Å². The maximum Gasteiger partial charge on any atom is 0.426 e. The Kier molecular flexibility index (Phi) is 8.92. The molecule has 2 N–H and O–H groups in total. The summed E-state index contributed by atoms with van der Waals surface area (Å²) < 4.78 is 3.48. The number of aromatic hydroxyl groups is 1. The van der Waals surface area contributed by atoms with Crippen molar-refractivity contribution in [3.63, 3.8) is 0 Å². The average molecular weight is 649 g/mol. The number of para-hydroxylation sites is 2. The smallest absolute Gasteiger partial charge is 0.426 e. The molecule has 2 saturated heterocycles. The number of fused-ring (bicyclic) bond motifs is 1. The zero-order chi connectivity index (χ0) is 26.6. The third-order valence-electron chi connectivity index (χ3n) is 7.61. The molecule has 0 spiro atoms. The van der Waals surface area contributed by atoms with Gasteiger partial charge in [0.1, 0.15) is 11.6 Å². The molecule has 2 aliphatic rings. The number of hydrogen-bond acceptors (Lipinski definition) is 6. The van der Waals surface area contributed by atoms with Gasteiger partial charge < -0.3 is 24.7 Å². The number of halogens is 2. The number of piperidine rings is 2. The monoisotopic (exact) mass is 647 g/mol. The summed E-state index contributed by atoms with van der Waals surface area (Å²) in [6.07, 6.45) is 5.51. The number of benzene rings is 2. The molecule has 1 aromatic heterocycles. The molecular weight excluding hydrogens is 614 g/mol. The SMILES string of the molecule is CN1CCC(Cn2c([C@@H](Cc3cc(Br)c(O)c(Br)c3)NC(=O)ON3CCCCC3)nc3ccccc32)CC1. The molecule has 0 bridgehead atoms. The Hall–Kier alpha value is -2.14. The van der Waals surface area contributed by atoms with Gasteiger partial charge in [-0.3, -0.25) is 0 Å². The van der Waals surface area contributed by atoms with Crippen molar-refractivity contribution >= 4 is 49.0 Å². The third-order valence-corrected chi connectivity index (χ3v) is 8.82. The minimum Gasteiger partial charge on any atom is -0.506 e.